The van der Waals surface area contributed by atoms with Gasteiger partial charge in [-0.15, -0.1) is 0 Å². The molecule has 0 aromatic heterocycles. The predicted octanol–water partition coefficient (Wildman–Crippen LogP) is 3.65. The number of benzene rings is 3. The van der Waals surface area contributed by atoms with Crippen LogP contribution in [0.5, 0.6) is 0 Å². The largest absolute Gasteiger partial charge is 0.370 e. The summed E-state index contributed by atoms with van der Waals surface area (Å²) in [5.41, 5.74) is 9.93. The number of primary amides is 1. The maximum Gasteiger partial charge on any atom is 0.244 e. The van der Waals surface area contributed by atoms with Crippen molar-refractivity contribution in [3.8, 4) is 0 Å². The Balaban J connectivity index is 1.34. The minimum absolute atomic E-state index is 0.389. The van der Waals surface area contributed by atoms with Crippen molar-refractivity contribution in [2.75, 3.05) is 36.4 Å². The van der Waals surface area contributed by atoms with Gasteiger partial charge >= 0.3 is 0 Å². The summed E-state index contributed by atoms with van der Waals surface area (Å²) in [5.74, 6) is -0.389. The second-order valence-electron chi connectivity index (χ2n) is 7.69. The minimum Gasteiger partial charge on any atom is -0.370 e. The molecule has 5 heteroatoms. The van der Waals surface area contributed by atoms with Gasteiger partial charge in [0, 0.05) is 44.1 Å². The number of nitrogens with one attached hydrogen (secondary N) is 1. The lowest BCUT2D eigenvalue weighted by Gasteiger charge is -2.36. The molecule has 30 heavy (non-hydrogen) atoms. The van der Waals surface area contributed by atoms with E-state index in [1.165, 1.54) is 11.3 Å². The molecule has 3 N–H and O–H groups in total. The lowest BCUT2D eigenvalue weighted by molar-refractivity contribution is -0.118. The first-order chi connectivity index (χ1) is 14.7. The number of amides is 1. The molecule has 1 aliphatic heterocycles. The zero-order valence-corrected chi connectivity index (χ0v) is 17.1. The first-order valence-corrected chi connectivity index (χ1v) is 10.4. The van der Waals surface area contributed by atoms with Gasteiger partial charge in [-0.3, -0.25) is 9.69 Å². The number of carbonyl (C=O) groups is 1. The van der Waals surface area contributed by atoms with Crippen LogP contribution in [0.4, 0.5) is 11.4 Å². The zero-order valence-electron chi connectivity index (χ0n) is 17.1. The van der Waals surface area contributed by atoms with E-state index in [0.717, 1.165) is 44.0 Å². The Labute approximate surface area is 178 Å². The molecule has 3 aromatic carbocycles. The first kappa shape index (κ1) is 20.0. The molecule has 0 saturated carbocycles. The number of nitrogens with zero attached hydrogens (tertiary/aromatic N) is 2. The normalized spacial score (nSPS) is 15.5. The van der Waals surface area contributed by atoms with Crippen LogP contribution in [-0.4, -0.2) is 37.0 Å². The monoisotopic (exact) mass is 400 g/mol. The van der Waals surface area contributed by atoms with Gasteiger partial charge in [0.05, 0.1) is 0 Å². The van der Waals surface area contributed by atoms with E-state index < -0.39 is 6.04 Å². The highest BCUT2D eigenvalue weighted by Gasteiger charge is 2.19. The van der Waals surface area contributed by atoms with Crippen molar-refractivity contribution in [2.24, 2.45) is 5.73 Å². The molecule has 1 amide bonds. The standard InChI is InChI=1S/C25H28N4O/c26-25(30)24(21-9-5-2-6-10-21)27-22-11-13-23(14-12-22)29-17-15-28(16-18-29)19-20-7-3-1-4-8-20/h1-14,24,27H,15-19H2,(H2,26,30). The molecule has 1 unspecified atom stereocenters. The Bertz CT molecular complexity index is 936. The van der Waals surface area contributed by atoms with Crippen LogP contribution >= 0.6 is 0 Å². The van der Waals surface area contributed by atoms with Crippen molar-refractivity contribution >= 4 is 17.3 Å². The van der Waals surface area contributed by atoms with Gasteiger partial charge in [-0.1, -0.05) is 60.7 Å². The Hall–Kier alpha value is -3.31. The summed E-state index contributed by atoms with van der Waals surface area (Å²) < 4.78 is 0. The average Bonchev–Trinajstić information content (AvgIpc) is 2.79. The van der Waals surface area contributed by atoms with E-state index in [0.29, 0.717) is 0 Å². The lowest BCUT2D eigenvalue weighted by Crippen LogP contribution is -2.45. The van der Waals surface area contributed by atoms with Crippen LogP contribution in [0.1, 0.15) is 17.2 Å². The van der Waals surface area contributed by atoms with Crippen LogP contribution < -0.4 is 16.0 Å². The third-order valence-corrected chi connectivity index (χ3v) is 5.58. The summed E-state index contributed by atoms with van der Waals surface area (Å²) in [6.45, 7) is 5.12. The lowest BCUT2D eigenvalue weighted by atomic mass is 10.1. The number of hydrogen-bond donors (Lipinski definition) is 2. The van der Waals surface area contributed by atoms with Crippen LogP contribution in [-0.2, 0) is 11.3 Å². The van der Waals surface area contributed by atoms with Crippen LogP contribution in [0.15, 0.2) is 84.9 Å². The summed E-state index contributed by atoms with van der Waals surface area (Å²) in [6, 6.07) is 27.9. The molecule has 5 nitrogen and oxygen atoms in total. The Morgan fingerprint density at radius 1 is 0.833 bits per heavy atom. The zero-order chi connectivity index (χ0) is 20.8. The van der Waals surface area contributed by atoms with E-state index in [-0.39, 0.29) is 5.91 Å². The molecule has 0 radical (unpaired) electrons. The van der Waals surface area contributed by atoms with E-state index in [2.05, 4.69) is 57.6 Å². The van der Waals surface area contributed by atoms with E-state index in [1.54, 1.807) is 0 Å². The van der Waals surface area contributed by atoms with Crippen LogP contribution in [0.2, 0.25) is 0 Å². The van der Waals surface area contributed by atoms with Gasteiger partial charge in [0.15, 0.2) is 0 Å². The molecular formula is C25H28N4O. The average molecular weight is 401 g/mol. The Morgan fingerprint density at radius 2 is 1.43 bits per heavy atom. The predicted molar refractivity (Wildman–Crippen MR) is 122 cm³/mol. The number of carbonyl (C=O) groups excluding carboxylic acids is 1. The number of rotatable bonds is 7. The topological polar surface area (TPSA) is 61.6 Å². The molecule has 3 aromatic rings. The van der Waals surface area contributed by atoms with Crippen LogP contribution in [0.3, 0.4) is 0 Å². The molecule has 1 heterocycles. The minimum atomic E-state index is -0.543. The van der Waals surface area contributed by atoms with E-state index in [9.17, 15) is 4.79 Å². The maximum atomic E-state index is 11.9. The number of anilines is 2. The number of hydrogen-bond acceptors (Lipinski definition) is 4. The quantitative estimate of drug-likeness (QED) is 0.636. The second-order valence-corrected chi connectivity index (χ2v) is 7.69. The van der Waals surface area contributed by atoms with Crippen molar-refractivity contribution in [3.05, 3.63) is 96.1 Å². The molecular weight excluding hydrogens is 372 g/mol. The fourth-order valence-electron chi connectivity index (χ4n) is 3.91. The van der Waals surface area contributed by atoms with Crippen molar-refractivity contribution in [3.63, 3.8) is 0 Å². The van der Waals surface area contributed by atoms with Crippen molar-refractivity contribution in [1.82, 2.24) is 4.90 Å². The first-order valence-electron chi connectivity index (χ1n) is 10.4. The van der Waals surface area contributed by atoms with Gasteiger partial charge < -0.3 is 16.0 Å². The van der Waals surface area contributed by atoms with Crippen LogP contribution in [0, 0.1) is 0 Å². The van der Waals surface area contributed by atoms with Gasteiger partial charge in [-0.2, -0.15) is 0 Å². The van der Waals surface area contributed by atoms with E-state index in [1.807, 2.05) is 42.5 Å². The van der Waals surface area contributed by atoms with Gasteiger partial charge in [-0.25, -0.2) is 0 Å². The van der Waals surface area contributed by atoms with Crippen molar-refractivity contribution in [2.45, 2.75) is 12.6 Å². The molecule has 4 rings (SSSR count). The fraction of sp³-hybridized carbons (Fsp3) is 0.240. The van der Waals surface area contributed by atoms with Gasteiger partial charge in [-0.05, 0) is 35.4 Å². The highest BCUT2D eigenvalue weighted by atomic mass is 16.1. The van der Waals surface area contributed by atoms with Gasteiger partial charge in [0.25, 0.3) is 0 Å². The smallest absolute Gasteiger partial charge is 0.244 e. The summed E-state index contributed by atoms with van der Waals surface area (Å²) in [4.78, 5) is 16.8. The Morgan fingerprint density at radius 3 is 2.03 bits per heavy atom. The maximum absolute atomic E-state index is 11.9. The third-order valence-electron chi connectivity index (χ3n) is 5.58. The number of piperazine rings is 1. The van der Waals surface area contributed by atoms with E-state index in [4.69, 9.17) is 5.73 Å². The van der Waals surface area contributed by atoms with E-state index >= 15 is 0 Å². The highest BCUT2D eigenvalue weighted by Crippen LogP contribution is 2.23. The van der Waals surface area contributed by atoms with Crippen LogP contribution in [0.25, 0.3) is 0 Å². The molecule has 1 fully saturated rings. The SMILES string of the molecule is NC(=O)C(Nc1ccc(N2CCN(Cc3ccccc3)CC2)cc1)c1ccccc1. The van der Waals surface area contributed by atoms with Crippen molar-refractivity contribution in [1.29, 1.82) is 0 Å². The fourth-order valence-corrected chi connectivity index (χ4v) is 3.91. The van der Waals surface area contributed by atoms with Gasteiger partial charge in [0.2, 0.25) is 5.91 Å². The van der Waals surface area contributed by atoms with Crippen molar-refractivity contribution < 1.29 is 4.79 Å². The number of nitrogens with two attached hydrogens (primary N) is 1. The molecule has 0 spiro atoms. The molecule has 0 bridgehead atoms. The summed E-state index contributed by atoms with van der Waals surface area (Å²) in [6.07, 6.45) is 0. The highest BCUT2D eigenvalue weighted by molar-refractivity contribution is 5.84. The molecule has 0 aliphatic carbocycles. The van der Waals surface area contributed by atoms with Gasteiger partial charge in [0.1, 0.15) is 6.04 Å². The second kappa shape index (κ2) is 9.46. The third kappa shape index (κ3) is 4.99. The molecule has 1 atom stereocenters. The molecule has 1 aliphatic rings. The molecule has 1 saturated heterocycles. The summed E-state index contributed by atoms with van der Waals surface area (Å²) in [7, 11) is 0. The molecule has 154 valence electrons. The summed E-state index contributed by atoms with van der Waals surface area (Å²) >= 11 is 0. The summed E-state index contributed by atoms with van der Waals surface area (Å²) in [5, 5.41) is 3.26. The Kier molecular flexibility index (Phi) is 6.30.